The highest BCUT2D eigenvalue weighted by atomic mass is 16.2. The molecule has 0 aromatic heterocycles. The fourth-order valence-electron chi connectivity index (χ4n) is 1.25. The Morgan fingerprint density at radius 3 is 1.41 bits per heavy atom. The van der Waals surface area contributed by atoms with E-state index in [0.717, 1.165) is 25.9 Å². The first-order valence-electron chi connectivity index (χ1n) is 7.10. The summed E-state index contributed by atoms with van der Waals surface area (Å²) < 4.78 is 0. The Morgan fingerprint density at radius 1 is 0.941 bits per heavy atom. The zero-order valence-corrected chi connectivity index (χ0v) is 13.0. The van der Waals surface area contributed by atoms with E-state index in [-0.39, 0.29) is 5.91 Å². The molecule has 0 saturated carbocycles. The second kappa shape index (κ2) is 11.9. The first kappa shape index (κ1) is 18.8. The quantitative estimate of drug-likeness (QED) is 0.679. The summed E-state index contributed by atoms with van der Waals surface area (Å²) in [5, 5.41) is 0. The van der Waals surface area contributed by atoms with Gasteiger partial charge in [0.2, 0.25) is 5.91 Å². The molecule has 0 N–H and O–H groups in total. The van der Waals surface area contributed by atoms with Crippen LogP contribution in [0.4, 0.5) is 0 Å². The molecule has 0 bridgehead atoms. The average Bonchev–Trinajstić information content (AvgIpc) is 2.17. The molecule has 1 amide bonds. The molecule has 0 aromatic rings. The Kier molecular flexibility index (Phi) is 13.2. The molecule has 0 aliphatic heterocycles. The highest BCUT2D eigenvalue weighted by Crippen LogP contribution is 2.06. The van der Waals surface area contributed by atoms with Crippen LogP contribution < -0.4 is 0 Å². The lowest BCUT2D eigenvalue weighted by atomic mass is 10.1. The molecule has 2 heteroatoms. The predicted octanol–water partition coefficient (Wildman–Crippen LogP) is 4.34. The minimum Gasteiger partial charge on any atom is -0.343 e. The molecule has 0 unspecified atom stereocenters. The van der Waals surface area contributed by atoms with Gasteiger partial charge in [-0.1, -0.05) is 48.0 Å². The highest BCUT2D eigenvalue weighted by molar-refractivity contribution is 5.73. The van der Waals surface area contributed by atoms with Crippen molar-refractivity contribution in [2.45, 2.75) is 67.7 Å². The van der Waals surface area contributed by atoms with Crippen molar-refractivity contribution in [3.63, 3.8) is 0 Å². The van der Waals surface area contributed by atoms with Crippen molar-refractivity contribution in [2.75, 3.05) is 13.1 Å². The SMILES string of the molecule is CC(=O)N(CCC(C)C)CCC(C)C.CCC. The second-order valence-electron chi connectivity index (χ2n) is 5.58. The van der Waals surface area contributed by atoms with Gasteiger partial charge in [-0.2, -0.15) is 0 Å². The smallest absolute Gasteiger partial charge is 0.219 e. The summed E-state index contributed by atoms with van der Waals surface area (Å²) in [6.45, 7) is 16.5. The van der Waals surface area contributed by atoms with Gasteiger partial charge >= 0.3 is 0 Å². The Hall–Kier alpha value is -0.530. The van der Waals surface area contributed by atoms with Gasteiger partial charge in [0, 0.05) is 20.0 Å². The lowest BCUT2D eigenvalue weighted by molar-refractivity contribution is -0.129. The molecular weight excluding hydrogens is 210 g/mol. The van der Waals surface area contributed by atoms with Crippen LogP contribution in [0.1, 0.15) is 67.7 Å². The number of hydrogen-bond donors (Lipinski definition) is 0. The number of amides is 1. The largest absolute Gasteiger partial charge is 0.343 e. The van der Waals surface area contributed by atoms with Crippen LogP contribution in [0.15, 0.2) is 0 Å². The third-order valence-corrected chi connectivity index (χ3v) is 2.40. The van der Waals surface area contributed by atoms with Gasteiger partial charge in [-0.3, -0.25) is 4.79 Å². The van der Waals surface area contributed by atoms with Crippen LogP contribution >= 0.6 is 0 Å². The van der Waals surface area contributed by atoms with Crippen LogP contribution in [0.3, 0.4) is 0 Å². The summed E-state index contributed by atoms with van der Waals surface area (Å²) >= 11 is 0. The van der Waals surface area contributed by atoms with E-state index in [2.05, 4.69) is 41.5 Å². The number of nitrogens with zero attached hydrogens (tertiary/aromatic N) is 1. The summed E-state index contributed by atoms with van der Waals surface area (Å²) in [6.07, 6.45) is 3.47. The van der Waals surface area contributed by atoms with Crippen LogP contribution in [0.5, 0.6) is 0 Å². The van der Waals surface area contributed by atoms with Gasteiger partial charge < -0.3 is 4.90 Å². The van der Waals surface area contributed by atoms with Crippen LogP contribution in [0, 0.1) is 11.8 Å². The summed E-state index contributed by atoms with van der Waals surface area (Å²) in [7, 11) is 0. The monoisotopic (exact) mass is 243 g/mol. The lowest BCUT2D eigenvalue weighted by Gasteiger charge is -2.22. The van der Waals surface area contributed by atoms with Crippen LogP contribution in [-0.2, 0) is 4.79 Å². The van der Waals surface area contributed by atoms with E-state index in [1.165, 1.54) is 6.42 Å². The van der Waals surface area contributed by atoms with Crippen molar-refractivity contribution in [1.29, 1.82) is 0 Å². The van der Waals surface area contributed by atoms with E-state index < -0.39 is 0 Å². The van der Waals surface area contributed by atoms with Gasteiger partial charge in [-0.05, 0) is 24.7 Å². The Morgan fingerprint density at radius 2 is 1.24 bits per heavy atom. The standard InChI is InChI=1S/C12H25NO.C3H8/c1-10(2)6-8-13(12(5)14)9-7-11(3)4;1-3-2/h10-11H,6-9H2,1-5H3;3H2,1-2H3. The second-order valence-corrected chi connectivity index (χ2v) is 5.58. The van der Waals surface area contributed by atoms with Gasteiger partial charge in [-0.15, -0.1) is 0 Å². The first-order valence-corrected chi connectivity index (χ1v) is 7.10. The zero-order valence-electron chi connectivity index (χ0n) is 13.0. The van der Waals surface area contributed by atoms with Crippen molar-refractivity contribution in [3.05, 3.63) is 0 Å². The van der Waals surface area contributed by atoms with E-state index in [0.29, 0.717) is 11.8 Å². The molecule has 0 saturated heterocycles. The van der Waals surface area contributed by atoms with Gasteiger partial charge in [0.1, 0.15) is 0 Å². The van der Waals surface area contributed by atoms with E-state index in [9.17, 15) is 4.79 Å². The summed E-state index contributed by atoms with van der Waals surface area (Å²) in [6, 6.07) is 0. The third kappa shape index (κ3) is 15.5. The Balaban J connectivity index is 0. The van der Waals surface area contributed by atoms with E-state index >= 15 is 0 Å². The van der Waals surface area contributed by atoms with Gasteiger partial charge in [0.05, 0.1) is 0 Å². The molecule has 104 valence electrons. The molecule has 0 atom stereocenters. The molecular formula is C15H33NO. The van der Waals surface area contributed by atoms with Crippen molar-refractivity contribution in [2.24, 2.45) is 11.8 Å². The molecule has 0 aliphatic carbocycles. The maximum absolute atomic E-state index is 11.3. The average molecular weight is 243 g/mol. The van der Waals surface area contributed by atoms with Crippen LogP contribution in [-0.4, -0.2) is 23.9 Å². The fraction of sp³-hybridized carbons (Fsp3) is 0.933. The molecule has 0 radical (unpaired) electrons. The first-order chi connectivity index (χ1) is 7.84. The maximum atomic E-state index is 11.3. The van der Waals surface area contributed by atoms with Crippen molar-refractivity contribution in [3.8, 4) is 0 Å². The number of carbonyl (C=O) groups is 1. The summed E-state index contributed by atoms with van der Waals surface area (Å²) in [4.78, 5) is 13.3. The Bertz CT molecular complexity index is 164. The molecule has 0 aromatic carbocycles. The van der Waals surface area contributed by atoms with Crippen molar-refractivity contribution in [1.82, 2.24) is 4.90 Å². The molecule has 0 rings (SSSR count). The van der Waals surface area contributed by atoms with Gasteiger partial charge in [0.15, 0.2) is 0 Å². The molecule has 0 spiro atoms. The van der Waals surface area contributed by atoms with Gasteiger partial charge in [-0.25, -0.2) is 0 Å². The molecule has 0 fully saturated rings. The van der Waals surface area contributed by atoms with Crippen molar-refractivity contribution >= 4 is 5.91 Å². The van der Waals surface area contributed by atoms with E-state index in [4.69, 9.17) is 0 Å². The van der Waals surface area contributed by atoms with Crippen LogP contribution in [0.2, 0.25) is 0 Å². The Labute approximate surface area is 109 Å². The zero-order chi connectivity index (χ0) is 13.8. The minimum atomic E-state index is 0.214. The van der Waals surface area contributed by atoms with E-state index in [1.54, 1.807) is 6.92 Å². The van der Waals surface area contributed by atoms with E-state index in [1.807, 2.05) is 4.90 Å². The molecule has 0 aliphatic rings. The minimum absolute atomic E-state index is 0.214. The number of hydrogen-bond acceptors (Lipinski definition) is 1. The molecule has 17 heavy (non-hydrogen) atoms. The fourth-order valence-corrected chi connectivity index (χ4v) is 1.25. The predicted molar refractivity (Wildman–Crippen MR) is 77.1 cm³/mol. The molecule has 0 heterocycles. The van der Waals surface area contributed by atoms with Crippen molar-refractivity contribution < 1.29 is 4.79 Å². The number of carbonyl (C=O) groups excluding carboxylic acids is 1. The summed E-state index contributed by atoms with van der Waals surface area (Å²) in [5.41, 5.74) is 0. The topological polar surface area (TPSA) is 20.3 Å². The maximum Gasteiger partial charge on any atom is 0.219 e. The normalized spacial score (nSPS) is 10.2. The highest BCUT2D eigenvalue weighted by Gasteiger charge is 2.09. The van der Waals surface area contributed by atoms with Crippen LogP contribution in [0.25, 0.3) is 0 Å². The molecule has 2 nitrogen and oxygen atoms in total. The number of rotatable bonds is 6. The lowest BCUT2D eigenvalue weighted by Crippen LogP contribution is -2.32. The third-order valence-electron chi connectivity index (χ3n) is 2.40. The summed E-state index contributed by atoms with van der Waals surface area (Å²) in [5.74, 6) is 1.57. The van der Waals surface area contributed by atoms with Gasteiger partial charge in [0.25, 0.3) is 0 Å².